The summed E-state index contributed by atoms with van der Waals surface area (Å²) in [6.07, 6.45) is 2.73. The summed E-state index contributed by atoms with van der Waals surface area (Å²) < 4.78 is 1.29. The average Bonchev–Trinajstić information content (AvgIpc) is 2.72. The number of nitro groups is 1. The number of rotatable bonds is 3. The van der Waals surface area contributed by atoms with Crippen LogP contribution in [0.25, 0.3) is 0 Å². The molecule has 0 spiro atoms. The molecule has 0 saturated carbocycles. The zero-order valence-electron chi connectivity index (χ0n) is 12.6. The molecule has 1 aliphatic rings. The number of carbonyl (C=O) groups excluding carboxylic acids is 1. The maximum Gasteiger partial charge on any atom is 0.322 e. The van der Waals surface area contributed by atoms with Crippen molar-refractivity contribution in [3.63, 3.8) is 0 Å². The van der Waals surface area contributed by atoms with Crippen molar-refractivity contribution in [3.8, 4) is 0 Å². The van der Waals surface area contributed by atoms with Crippen molar-refractivity contribution in [2.45, 2.75) is 45.2 Å². The van der Waals surface area contributed by atoms with Crippen LogP contribution in [-0.2, 0) is 7.05 Å². The van der Waals surface area contributed by atoms with Crippen LogP contribution >= 0.6 is 0 Å². The summed E-state index contributed by atoms with van der Waals surface area (Å²) in [7, 11) is 1.55. The van der Waals surface area contributed by atoms with Gasteiger partial charge in [0.05, 0.1) is 4.92 Å². The Kier molecular flexibility index (Phi) is 4.26. The van der Waals surface area contributed by atoms with Crippen LogP contribution < -0.4 is 5.73 Å². The molecule has 1 aliphatic heterocycles. The monoisotopic (exact) mass is 295 g/mol. The van der Waals surface area contributed by atoms with Crippen LogP contribution in [0.2, 0.25) is 0 Å². The molecule has 0 aromatic carbocycles. The Balaban J connectivity index is 2.41. The van der Waals surface area contributed by atoms with Gasteiger partial charge < -0.3 is 10.6 Å². The molecule has 1 aromatic rings. The molecule has 2 N–H and O–H groups in total. The molecule has 0 aliphatic carbocycles. The van der Waals surface area contributed by atoms with E-state index in [0.717, 1.165) is 19.3 Å². The van der Waals surface area contributed by atoms with Crippen molar-refractivity contribution >= 4 is 11.6 Å². The van der Waals surface area contributed by atoms with Gasteiger partial charge in [-0.25, -0.2) is 0 Å². The molecule has 0 bridgehead atoms. The lowest BCUT2D eigenvalue weighted by atomic mass is 9.96. The second kappa shape index (κ2) is 5.80. The zero-order valence-corrected chi connectivity index (χ0v) is 12.6. The summed E-state index contributed by atoms with van der Waals surface area (Å²) >= 11 is 0. The summed E-state index contributed by atoms with van der Waals surface area (Å²) in [6.45, 7) is 3.97. The summed E-state index contributed by atoms with van der Waals surface area (Å²) in [6, 6.07) is -0.247. The molecule has 2 unspecified atom stereocenters. The van der Waals surface area contributed by atoms with E-state index in [4.69, 9.17) is 5.73 Å². The number of amides is 1. The number of piperidine rings is 1. The van der Waals surface area contributed by atoms with E-state index in [2.05, 4.69) is 5.10 Å². The van der Waals surface area contributed by atoms with Gasteiger partial charge >= 0.3 is 5.69 Å². The quantitative estimate of drug-likeness (QED) is 0.660. The van der Waals surface area contributed by atoms with Crippen molar-refractivity contribution in [1.29, 1.82) is 0 Å². The van der Waals surface area contributed by atoms with Crippen LogP contribution in [0, 0.1) is 17.0 Å². The smallest absolute Gasteiger partial charge is 0.322 e. The van der Waals surface area contributed by atoms with Gasteiger partial charge in [-0.1, -0.05) is 0 Å². The first-order valence-corrected chi connectivity index (χ1v) is 7.09. The minimum atomic E-state index is -0.541. The molecule has 21 heavy (non-hydrogen) atoms. The van der Waals surface area contributed by atoms with Gasteiger partial charge in [-0.2, -0.15) is 5.10 Å². The van der Waals surface area contributed by atoms with E-state index in [9.17, 15) is 14.9 Å². The van der Waals surface area contributed by atoms with Crippen LogP contribution in [0.15, 0.2) is 0 Å². The molecule has 1 amide bonds. The molecule has 1 aromatic heterocycles. The molecule has 8 nitrogen and oxygen atoms in total. The van der Waals surface area contributed by atoms with E-state index in [1.54, 1.807) is 11.9 Å². The Morgan fingerprint density at radius 2 is 2.19 bits per heavy atom. The molecular weight excluding hydrogens is 274 g/mol. The summed E-state index contributed by atoms with van der Waals surface area (Å²) in [5.41, 5.74) is 6.04. The number of carbonyl (C=O) groups is 1. The fourth-order valence-electron chi connectivity index (χ4n) is 3.00. The fraction of sp³-hybridized carbons (Fsp3) is 0.692. The second-order valence-electron chi connectivity index (χ2n) is 5.58. The highest BCUT2D eigenvalue weighted by molar-refractivity contribution is 5.97. The molecular formula is C13H21N5O3. The summed E-state index contributed by atoms with van der Waals surface area (Å²) in [4.78, 5) is 25.1. The number of hydrogen-bond donors (Lipinski definition) is 1. The molecule has 0 radical (unpaired) electrons. The van der Waals surface area contributed by atoms with Crippen molar-refractivity contribution in [1.82, 2.24) is 14.7 Å². The third-order valence-corrected chi connectivity index (χ3v) is 3.99. The van der Waals surface area contributed by atoms with Crippen LogP contribution in [0.4, 0.5) is 5.69 Å². The van der Waals surface area contributed by atoms with E-state index >= 15 is 0 Å². The topological polar surface area (TPSA) is 107 Å². The third kappa shape index (κ3) is 2.76. The Morgan fingerprint density at radius 3 is 2.76 bits per heavy atom. The van der Waals surface area contributed by atoms with E-state index in [0.29, 0.717) is 6.54 Å². The highest BCUT2D eigenvalue weighted by atomic mass is 16.6. The molecule has 2 rings (SSSR count). The number of nitrogens with zero attached hydrogens (tertiary/aromatic N) is 4. The van der Waals surface area contributed by atoms with E-state index < -0.39 is 4.92 Å². The van der Waals surface area contributed by atoms with Gasteiger partial charge in [0.15, 0.2) is 0 Å². The highest BCUT2D eigenvalue weighted by Crippen LogP contribution is 2.27. The summed E-state index contributed by atoms with van der Waals surface area (Å²) in [5.74, 6) is -0.355. The number of nitrogens with two attached hydrogens (primary N) is 1. The highest BCUT2D eigenvalue weighted by Gasteiger charge is 2.36. The predicted octanol–water partition coefficient (Wildman–Crippen LogP) is 0.979. The zero-order chi connectivity index (χ0) is 15.7. The number of aromatic nitrogens is 2. The van der Waals surface area contributed by atoms with Crippen LogP contribution in [0.3, 0.4) is 0 Å². The third-order valence-electron chi connectivity index (χ3n) is 3.99. The molecule has 1 fully saturated rings. The first kappa shape index (κ1) is 15.4. The number of hydrogen-bond acceptors (Lipinski definition) is 5. The summed E-state index contributed by atoms with van der Waals surface area (Å²) in [5, 5.41) is 15.2. The van der Waals surface area contributed by atoms with Crippen molar-refractivity contribution in [3.05, 3.63) is 21.5 Å². The van der Waals surface area contributed by atoms with Crippen LogP contribution in [0.1, 0.15) is 42.4 Å². The van der Waals surface area contributed by atoms with Gasteiger partial charge in [-0.15, -0.1) is 0 Å². The van der Waals surface area contributed by atoms with E-state index in [-0.39, 0.29) is 35.1 Å². The Labute approximate surface area is 123 Å². The van der Waals surface area contributed by atoms with E-state index in [1.807, 2.05) is 6.92 Å². The normalized spacial score (nSPS) is 20.4. The van der Waals surface area contributed by atoms with Crippen molar-refractivity contribution in [2.75, 3.05) is 6.54 Å². The predicted molar refractivity (Wildman–Crippen MR) is 76.9 cm³/mol. The Morgan fingerprint density at radius 1 is 1.52 bits per heavy atom. The van der Waals surface area contributed by atoms with Gasteiger partial charge in [0.2, 0.25) is 5.69 Å². The van der Waals surface area contributed by atoms with Gasteiger partial charge in [0, 0.05) is 25.7 Å². The number of aryl methyl sites for hydroxylation is 2. The lowest BCUT2D eigenvalue weighted by Crippen LogP contribution is -2.52. The van der Waals surface area contributed by atoms with Crippen molar-refractivity contribution < 1.29 is 9.72 Å². The number of likely N-dealkylation sites (tertiary alicyclic amines) is 1. The fourth-order valence-corrected chi connectivity index (χ4v) is 3.00. The van der Waals surface area contributed by atoms with Crippen molar-refractivity contribution in [2.24, 2.45) is 12.8 Å². The van der Waals surface area contributed by atoms with Crippen LogP contribution in [-0.4, -0.2) is 44.1 Å². The standard InChI is InChI=1S/C13H21N5O3/c1-8(14)10-6-4-5-7-17(10)13(19)12-11(18(20)21)9(2)15-16(12)3/h8,10H,4-7,14H2,1-3H3. The average molecular weight is 295 g/mol. The molecule has 116 valence electrons. The largest absolute Gasteiger partial charge is 0.333 e. The molecule has 8 heteroatoms. The van der Waals surface area contributed by atoms with Gasteiger partial charge in [0.25, 0.3) is 5.91 Å². The minimum absolute atomic E-state index is 0.0325. The SMILES string of the molecule is Cc1nn(C)c(C(=O)N2CCCCC2C(C)N)c1[N+](=O)[O-]. The molecule has 1 saturated heterocycles. The molecule has 2 heterocycles. The van der Waals surface area contributed by atoms with Crippen LogP contribution in [0.5, 0.6) is 0 Å². The Hall–Kier alpha value is -1.96. The first-order valence-electron chi connectivity index (χ1n) is 7.09. The second-order valence-corrected chi connectivity index (χ2v) is 5.58. The lowest BCUT2D eigenvalue weighted by molar-refractivity contribution is -0.385. The molecule has 2 atom stereocenters. The maximum absolute atomic E-state index is 12.8. The van der Waals surface area contributed by atoms with E-state index in [1.165, 1.54) is 11.6 Å². The minimum Gasteiger partial charge on any atom is -0.333 e. The van der Waals surface area contributed by atoms with Gasteiger partial charge in [0.1, 0.15) is 5.69 Å². The van der Waals surface area contributed by atoms with Gasteiger partial charge in [-0.05, 0) is 33.1 Å². The first-order chi connectivity index (χ1) is 9.84. The lowest BCUT2D eigenvalue weighted by Gasteiger charge is -2.37. The maximum atomic E-state index is 12.8. The van der Waals surface area contributed by atoms with Gasteiger partial charge in [-0.3, -0.25) is 19.6 Å². The Bertz CT molecular complexity index is 566.